The van der Waals surface area contributed by atoms with Gasteiger partial charge in [0.2, 0.25) is 0 Å². The van der Waals surface area contributed by atoms with E-state index in [0.717, 1.165) is 57.4 Å². The van der Waals surface area contributed by atoms with Gasteiger partial charge in [0, 0.05) is 46.4 Å². The number of nitrogens with one attached hydrogen (secondary N) is 2. The highest BCUT2D eigenvalue weighted by Crippen LogP contribution is 1.99. The van der Waals surface area contributed by atoms with E-state index in [1.807, 2.05) is 19.1 Å². The molecule has 1 heterocycles. The highest BCUT2D eigenvalue weighted by Gasteiger charge is 2.00. The second kappa shape index (κ2) is 12.2. The van der Waals surface area contributed by atoms with Crippen LogP contribution >= 0.6 is 0 Å². The highest BCUT2D eigenvalue weighted by molar-refractivity contribution is 5.79. The molecule has 0 radical (unpaired) electrons. The molecule has 6 nitrogen and oxygen atoms in total. The molecule has 0 aliphatic carbocycles. The van der Waals surface area contributed by atoms with Gasteiger partial charge in [0.15, 0.2) is 5.96 Å². The summed E-state index contributed by atoms with van der Waals surface area (Å²) in [5, 5.41) is 6.52. The molecular formula is C15H27N3O3. The number of aliphatic imine (C=N–C) groups is 1. The van der Waals surface area contributed by atoms with Crippen molar-refractivity contribution in [2.75, 3.05) is 46.6 Å². The third-order valence-electron chi connectivity index (χ3n) is 2.76. The predicted octanol–water partition coefficient (Wildman–Crippen LogP) is 1.43. The minimum absolute atomic E-state index is 0.651. The van der Waals surface area contributed by atoms with E-state index >= 15 is 0 Å². The van der Waals surface area contributed by atoms with Crippen molar-refractivity contribution in [2.45, 2.75) is 19.8 Å². The zero-order chi connectivity index (χ0) is 15.2. The lowest BCUT2D eigenvalue weighted by Crippen LogP contribution is -2.40. The molecule has 0 saturated carbocycles. The molecule has 1 aromatic rings. The van der Waals surface area contributed by atoms with Crippen molar-refractivity contribution in [1.82, 2.24) is 10.6 Å². The average Bonchev–Trinajstić information content (AvgIpc) is 3.00. The summed E-state index contributed by atoms with van der Waals surface area (Å²) >= 11 is 0. The third-order valence-corrected chi connectivity index (χ3v) is 2.76. The molecule has 0 unspecified atom stereocenters. The Hall–Kier alpha value is -1.53. The van der Waals surface area contributed by atoms with Gasteiger partial charge in [0.05, 0.1) is 12.9 Å². The Morgan fingerprint density at radius 2 is 2.14 bits per heavy atom. The number of furan rings is 1. The minimum atomic E-state index is 0.651. The van der Waals surface area contributed by atoms with Crippen LogP contribution in [0.2, 0.25) is 0 Å². The summed E-state index contributed by atoms with van der Waals surface area (Å²) in [7, 11) is 1.69. The van der Waals surface area contributed by atoms with Gasteiger partial charge in [0.1, 0.15) is 5.76 Å². The van der Waals surface area contributed by atoms with Gasteiger partial charge in [-0.25, -0.2) is 0 Å². The molecule has 120 valence electrons. The largest absolute Gasteiger partial charge is 0.469 e. The first kappa shape index (κ1) is 17.5. The Morgan fingerprint density at radius 3 is 2.86 bits per heavy atom. The maximum atomic E-state index is 5.30. The molecule has 0 atom stereocenters. The molecule has 21 heavy (non-hydrogen) atoms. The van der Waals surface area contributed by atoms with Crippen LogP contribution in [0.4, 0.5) is 0 Å². The molecule has 0 spiro atoms. The Bertz CT molecular complexity index is 366. The minimum Gasteiger partial charge on any atom is -0.469 e. The van der Waals surface area contributed by atoms with Crippen LogP contribution in [0.3, 0.4) is 0 Å². The Balaban J connectivity index is 2.26. The summed E-state index contributed by atoms with van der Waals surface area (Å²) in [6, 6.07) is 3.87. The molecule has 0 bridgehead atoms. The van der Waals surface area contributed by atoms with Crippen molar-refractivity contribution in [3.8, 4) is 0 Å². The summed E-state index contributed by atoms with van der Waals surface area (Å²) < 4.78 is 15.6. The predicted molar refractivity (Wildman–Crippen MR) is 83.7 cm³/mol. The van der Waals surface area contributed by atoms with Crippen molar-refractivity contribution in [2.24, 2.45) is 4.99 Å². The van der Waals surface area contributed by atoms with Gasteiger partial charge < -0.3 is 24.5 Å². The topological polar surface area (TPSA) is 68.0 Å². The quantitative estimate of drug-likeness (QED) is 0.367. The maximum Gasteiger partial charge on any atom is 0.191 e. The van der Waals surface area contributed by atoms with Gasteiger partial charge >= 0.3 is 0 Å². The monoisotopic (exact) mass is 297 g/mol. The SMILES string of the molecule is CCOCCCN=C(NCCOC)NCCc1ccco1. The fourth-order valence-electron chi connectivity index (χ4n) is 1.71. The maximum absolute atomic E-state index is 5.30. The zero-order valence-corrected chi connectivity index (χ0v) is 13.1. The van der Waals surface area contributed by atoms with Gasteiger partial charge in [-0.15, -0.1) is 0 Å². The van der Waals surface area contributed by atoms with E-state index in [-0.39, 0.29) is 0 Å². The second-order valence-corrected chi connectivity index (χ2v) is 4.46. The van der Waals surface area contributed by atoms with E-state index in [1.165, 1.54) is 0 Å². The van der Waals surface area contributed by atoms with Crippen molar-refractivity contribution >= 4 is 5.96 Å². The van der Waals surface area contributed by atoms with Gasteiger partial charge in [-0.3, -0.25) is 4.99 Å². The number of rotatable bonds is 11. The van der Waals surface area contributed by atoms with Crippen LogP contribution < -0.4 is 10.6 Å². The van der Waals surface area contributed by atoms with Crippen LogP contribution in [0.5, 0.6) is 0 Å². The van der Waals surface area contributed by atoms with Crippen molar-refractivity contribution < 1.29 is 13.9 Å². The molecule has 0 fully saturated rings. The van der Waals surface area contributed by atoms with Crippen LogP contribution in [0.25, 0.3) is 0 Å². The van der Waals surface area contributed by atoms with Crippen LogP contribution in [-0.4, -0.2) is 52.5 Å². The molecule has 6 heteroatoms. The van der Waals surface area contributed by atoms with E-state index in [9.17, 15) is 0 Å². The first-order valence-electron chi connectivity index (χ1n) is 7.48. The number of guanidine groups is 1. The molecule has 0 aliphatic heterocycles. The molecule has 1 aromatic heterocycles. The van der Waals surface area contributed by atoms with Gasteiger partial charge in [-0.1, -0.05) is 0 Å². The van der Waals surface area contributed by atoms with Crippen molar-refractivity contribution in [1.29, 1.82) is 0 Å². The molecular weight excluding hydrogens is 270 g/mol. The number of methoxy groups -OCH3 is 1. The number of hydrogen-bond acceptors (Lipinski definition) is 4. The third kappa shape index (κ3) is 9.10. The Morgan fingerprint density at radius 1 is 1.29 bits per heavy atom. The average molecular weight is 297 g/mol. The molecule has 0 amide bonds. The first-order valence-corrected chi connectivity index (χ1v) is 7.48. The molecule has 0 saturated heterocycles. The van der Waals surface area contributed by atoms with E-state index < -0.39 is 0 Å². The standard InChI is InChI=1S/C15H27N3O3/c1-3-20-11-5-8-16-15(18-10-13-19-2)17-9-7-14-6-4-12-21-14/h4,6,12H,3,5,7-11,13H2,1-2H3,(H2,16,17,18). The number of ether oxygens (including phenoxy) is 2. The second-order valence-electron chi connectivity index (χ2n) is 4.46. The van der Waals surface area contributed by atoms with Gasteiger partial charge in [0.25, 0.3) is 0 Å². The lowest BCUT2D eigenvalue weighted by atomic mass is 10.3. The fourth-order valence-corrected chi connectivity index (χ4v) is 1.71. The van der Waals surface area contributed by atoms with E-state index in [0.29, 0.717) is 6.61 Å². The smallest absolute Gasteiger partial charge is 0.191 e. The van der Waals surface area contributed by atoms with Crippen LogP contribution in [0.15, 0.2) is 27.8 Å². The fraction of sp³-hybridized carbons (Fsp3) is 0.667. The van der Waals surface area contributed by atoms with Crippen LogP contribution in [-0.2, 0) is 15.9 Å². The zero-order valence-electron chi connectivity index (χ0n) is 13.1. The Kier molecular flexibility index (Phi) is 10.2. The van der Waals surface area contributed by atoms with Gasteiger partial charge in [-0.05, 0) is 25.5 Å². The molecule has 2 N–H and O–H groups in total. The van der Waals surface area contributed by atoms with Crippen LogP contribution in [0.1, 0.15) is 19.1 Å². The number of hydrogen-bond donors (Lipinski definition) is 2. The van der Waals surface area contributed by atoms with Crippen LogP contribution in [0, 0.1) is 0 Å². The summed E-state index contributed by atoms with van der Waals surface area (Å²) in [5.41, 5.74) is 0. The lowest BCUT2D eigenvalue weighted by Gasteiger charge is -2.12. The van der Waals surface area contributed by atoms with E-state index in [2.05, 4.69) is 15.6 Å². The summed E-state index contributed by atoms with van der Waals surface area (Å²) in [6.07, 6.45) is 3.44. The van der Waals surface area contributed by atoms with E-state index in [1.54, 1.807) is 13.4 Å². The summed E-state index contributed by atoms with van der Waals surface area (Å²) in [4.78, 5) is 4.51. The normalized spacial score (nSPS) is 11.6. The Labute approximate surface area is 126 Å². The first-order chi connectivity index (χ1) is 10.4. The van der Waals surface area contributed by atoms with Crippen molar-refractivity contribution in [3.05, 3.63) is 24.2 Å². The highest BCUT2D eigenvalue weighted by atomic mass is 16.5. The van der Waals surface area contributed by atoms with E-state index in [4.69, 9.17) is 13.9 Å². The summed E-state index contributed by atoms with van der Waals surface area (Å²) in [5.74, 6) is 1.77. The lowest BCUT2D eigenvalue weighted by molar-refractivity contribution is 0.146. The number of nitrogens with zero attached hydrogens (tertiary/aromatic N) is 1. The molecule has 1 rings (SSSR count). The summed E-state index contributed by atoms with van der Waals surface area (Å²) in [6.45, 7) is 6.40. The van der Waals surface area contributed by atoms with Gasteiger partial charge in [-0.2, -0.15) is 0 Å². The molecule has 0 aromatic carbocycles. The van der Waals surface area contributed by atoms with Crippen molar-refractivity contribution in [3.63, 3.8) is 0 Å². The molecule has 0 aliphatic rings.